The van der Waals surface area contributed by atoms with Crippen molar-refractivity contribution in [3.8, 4) is 0 Å². The molecule has 0 rings (SSSR count). The number of hydrogen-bond donors (Lipinski definition) is 2. The van der Waals surface area contributed by atoms with Gasteiger partial charge in [0.15, 0.2) is 0 Å². The number of carbonyl (C=O) groups excluding carboxylic acids is 4. The summed E-state index contributed by atoms with van der Waals surface area (Å²) < 4.78 is 8.78. The van der Waals surface area contributed by atoms with Crippen LogP contribution in [0.4, 0.5) is 0 Å². The Morgan fingerprint density at radius 1 is 0.667 bits per heavy atom. The van der Waals surface area contributed by atoms with Gasteiger partial charge >= 0.3 is 35.8 Å². The predicted octanol–water partition coefficient (Wildman–Crippen LogP) is 0.914. The van der Waals surface area contributed by atoms with Gasteiger partial charge in [-0.25, -0.2) is 24.0 Å². The Hall–Kier alpha value is -3.56. The second-order valence-electron chi connectivity index (χ2n) is 5.33. The molecule has 0 aromatic rings. The van der Waals surface area contributed by atoms with Crippen molar-refractivity contribution in [3.05, 3.63) is 34.4 Å². The molecular formula is C17H18O10. The Bertz CT molecular complexity index is 795. The highest BCUT2D eigenvalue weighted by atomic mass is 16.6. The van der Waals surface area contributed by atoms with Gasteiger partial charge in [0.1, 0.15) is 0 Å². The first-order valence-corrected chi connectivity index (χ1v) is 7.30. The first-order chi connectivity index (χ1) is 12.3. The Morgan fingerprint density at radius 3 is 1.41 bits per heavy atom. The van der Waals surface area contributed by atoms with Gasteiger partial charge in [-0.15, -0.1) is 0 Å². The lowest BCUT2D eigenvalue weighted by Gasteiger charge is -2.07. The molecule has 0 saturated heterocycles. The highest BCUT2D eigenvalue weighted by molar-refractivity contribution is 6.07. The van der Waals surface area contributed by atoms with Crippen LogP contribution in [0.5, 0.6) is 0 Å². The Labute approximate surface area is 153 Å². The molecule has 0 unspecified atom stereocenters. The lowest BCUT2D eigenvalue weighted by Crippen LogP contribution is -2.20. The van der Waals surface area contributed by atoms with E-state index in [2.05, 4.69) is 16.1 Å². The maximum absolute atomic E-state index is 11.7. The molecule has 2 N–H and O–H groups in total. The molecule has 10 nitrogen and oxygen atoms in total. The lowest BCUT2D eigenvalue weighted by molar-refractivity contribution is -0.159. The van der Waals surface area contributed by atoms with Gasteiger partial charge in [0.05, 0.1) is 6.42 Å². The van der Waals surface area contributed by atoms with Crippen LogP contribution < -0.4 is 0 Å². The van der Waals surface area contributed by atoms with E-state index in [-0.39, 0.29) is 22.3 Å². The molecule has 10 heteroatoms. The highest BCUT2D eigenvalue weighted by Crippen LogP contribution is 2.11. The van der Waals surface area contributed by atoms with Crippen molar-refractivity contribution in [3.63, 3.8) is 0 Å². The van der Waals surface area contributed by atoms with Crippen molar-refractivity contribution in [2.45, 2.75) is 34.1 Å². The van der Waals surface area contributed by atoms with Crippen LogP contribution in [0.1, 0.15) is 34.1 Å². The van der Waals surface area contributed by atoms with Crippen molar-refractivity contribution < 1.29 is 48.5 Å². The number of ether oxygens (including phenoxy) is 2. The molecule has 0 aromatic heterocycles. The molecule has 0 atom stereocenters. The lowest BCUT2D eigenvalue weighted by atomic mass is 10.1. The number of carboxylic acid groups (broad SMARTS) is 2. The summed E-state index contributed by atoms with van der Waals surface area (Å²) in [6.07, 6.45) is -0.808. The van der Waals surface area contributed by atoms with Gasteiger partial charge in [0.25, 0.3) is 0 Å². The first-order valence-electron chi connectivity index (χ1n) is 7.30. The third kappa shape index (κ3) is 7.06. The number of rotatable bonds is 7. The van der Waals surface area contributed by atoms with E-state index in [1.807, 2.05) is 0 Å². The maximum Gasteiger partial charge on any atom is 0.342 e. The average Bonchev–Trinajstić information content (AvgIpc) is 2.58. The molecule has 0 amide bonds. The minimum Gasteiger partial charge on any atom is -0.478 e. The molecule has 0 aliphatic heterocycles. The number of aliphatic carboxylic acids is 2. The van der Waals surface area contributed by atoms with Crippen LogP contribution in [-0.4, -0.2) is 46.0 Å². The Morgan fingerprint density at radius 2 is 1.04 bits per heavy atom. The third-order valence-electron chi connectivity index (χ3n) is 3.42. The van der Waals surface area contributed by atoms with E-state index in [1.165, 1.54) is 0 Å². The van der Waals surface area contributed by atoms with Crippen LogP contribution >= 0.6 is 0 Å². The van der Waals surface area contributed by atoms with Crippen LogP contribution in [0.15, 0.2) is 34.4 Å². The molecule has 0 spiro atoms. The normalized spacial score (nSPS) is 12.1. The molecule has 27 heavy (non-hydrogen) atoms. The first kappa shape index (κ1) is 23.4. The fourth-order valence-corrected chi connectivity index (χ4v) is 1.32. The summed E-state index contributed by atoms with van der Waals surface area (Å²) in [5.74, 6) is -7.73. The standard InChI is InChI=1S/C17H18O10/c1-7(15(23)27-17(25)11(5)9(3)14(21)22)6-12(18)26-16(24)10(4)8(2)13(19)20/h1,6H2,2-5H3,(H,19,20)(H,21,22)/b10-8-,11-9-. The van der Waals surface area contributed by atoms with Crippen molar-refractivity contribution >= 4 is 35.8 Å². The second-order valence-corrected chi connectivity index (χ2v) is 5.33. The molecule has 0 aromatic carbocycles. The fourth-order valence-electron chi connectivity index (χ4n) is 1.32. The van der Waals surface area contributed by atoms with E-state index >= 15 is 0 Å². The largest absolute Gasteiger partial charge is 0.478 e. The van der Waals surface area contributed by atoms with E-state index in [9.17, 15) is 28.8 Å². The quantitative estimate of drug-likeness (QED) is 0.368. The van der Waals surface area contributed by atoms with Crippen LogP contribution in [0.3, 0.4) is 0 Å². The molecule has 0 radical (unpaired) electrons. The zero-order chi connectivity index (χ0) is 21.5. The topological polar surface area (TPSA) is 161 Å². The van der Waals surface area contributed by atoms with Crippen LogP contribution in [0, 0.1) is 0 Å². The minimum atomic E-state index is -1.38. The summed E-state index contributed by atoms with van der Waals surface area (Å²) in [7, 11) is 0. The van der Waals surface area contributed by atoms with Gasteiger partial charge in [-0.3, -0.25) is 4.79 Å². The third-order valence-corrected chi connectivity index (χ3v) is 3.42. The number of carbonyl (C=O) groups is 6. The van der Waals surface area contributed by atoms with Crippen molar-refractivity contribution in [2.75, 3.05) is 0 Å². The zero-order valence-corrected chi connectivity index (χ0v) is 15.1. The summed E-state index contributed by atoms with van der Waals surface area (Å²) in [5, 5.41) is 17.5. The smallest absolute Gasteiger partial charge is 0.342 e. The van der Waals surface area contributed by atoms with Gasteiger partial charge in [0.2, 0.25) is 0 Å². The van der Waals surface area contributed by atoms with Gasteiger partial charge < -0.3 is 19.7 Å². The van der Waals surface area contributed by atoms with Crippen LogP contribution in [0.25, 0.3) is 0 Å². The number of esters is 4. The van der Waals surface area contributed by atoms with E-state index < -0.39 is 47.8 Å². The average molecular weight is 382 g/mol. The van der Waals surface area contributed by atoms with Gasteiger partial charge in [-0.1, -0.05) is 6.58 Å². The maximum atomic E-state index is 11.7. The van der Waals surface area contributed by atoms with Crippen LogP contribution in [-0.2, 0) is 38.2 Å². The van der Waals surface area contributed by atoms with Crippen molar-refractivity contribution in [1.82, 2.24) is 0 Å². The molecular weight excluding hydrogens is 364 g/mol. The molecule has 0 aliphatic rings. The molecule has 0 aliphatic carbocycles. The van der Waals surface area contributed by atoms with Gasteiger partial charge in [0, 0.05) is 27.9 Å². The summed E-state index contributed by atoms with van der Waals surface area (Å²) in [5.41, 5.74) is -1.83. The minimum absolute atomic E-state index is 0.316. The molecule has 0 saturated carbocycles. The monoisotopic (exact) mass is 382 g/mol. The number of hydrogen-bond acceptors (Lipinski definition) is 8. The SMILES string of the molecule is C=C(CC(=O)OC(=O)/C(C)=C(/C)C(=O)O)C(=O)OC(=O)/C(C)=C(/C)C(=O)O. The van der Waals surface area contributed by atoms with E-state index in [4.69, 9.17) is 10.2 Å². The fraction of sp³-hybridized carbons (Fsp3) is 0.294. The van der Waals surface area contributed by atoms with E-state index in [0.29, 0.717) is 0 Å². The van der Waals surface area contributed by atoms with Crippen molar-refractivity contribution in [1.29, 1.82) is 0 Å². The highest BCUT2D eigenvalue weighted by Gasteiger charge is 2.23. The van der Waals surface area contributed by atoms with Gasteiger partial charge in [-0.2, -0.15) is 0 Å². The van der Waals surface area contributed by atoms with Gasteiger partial charge in [-0.05, 0) is 27.7 Å². The molecule has 146 valence electrons. The molecule has 0 bridgehead atoms. The summed E-state index contributed by atoms with van der Waals surface area (Å²) in [6, 6.07) is 0. The van der Waals surface area contributed by atoms with E-state index in [0.717, 1.165) is 27.7 Å². The van der Waals surface area contributed by atoms with Crippen LogP contribution in [0.2, 0.25) is 0 Å². The molecule has 0 heterocycles. The molecule has 0 fully saturated rings. The number of carboxylic acids is 2. The summed E-state index contributed by atoms with van der Waals surface area (Å²) in [6.45, 7) is 7.77. The Balaban J connectivity index is 4.91. The Kier molecular flexibility index (Phi) is 8.51. The zero-order valence-electron chi connectivity index (χ0n) is 15.1. The summed E-state index contributed by atoms with van der Waals surface area (Å²) in [4.78, 5) is 68.1. The van der Waals surface area contributed by atoms with E-state index in [1.54, 1.807) is 0 Å². The summed E-state index contributed by atoms with van der Waals surface area (Å²) >= 11 is 0. The van der Waals surface area contributed by atoms with Crippen molar-refractivity contribution in [2.24, 2.45) is 0 Å². The predicted molar refractivity (Wildman–Crippen MR) is 88.0 cm³/mol. The second kappa shape index (κ2) is 9.80.